The van der Waals surface area contributed by atoms with Crippen LogP contribution in [0.15, 0.2) is 17.0 Å². The van der Waals surface area contributed by atoms with Crippen molar-refractivity contribution < 1.29 is 22.7 Å². The van der Waals surface area contributed by atoms with Gasteiger partial charge < -0.3 is 5.11 Å². The molecule has 0 saturated carbocycles. The molecular weight excluding hydrogens is 332 g/mol. The Hall–Kier alpha value is -0.890. The van der Waals surface area contributed by atoms with Crippen molar-refractivity contribution in [2.75, 3.05) is 6.54 Å². The fourth-order valence-electron chi connectivity index (χ4n) is 1.41. The largest absolute Gasteiger partial charge is 0.481 e. The number of rotatable bonds is 6. The van der Waals surface area contributed by atoms with Gasteiger partial charge in [-0.05, 0) is 18.6 Å². The van der Waals surface area contributed by atoms with Crippen molar-refractivity contribution in [1.29, 1.82) is 0 Å². The molecule has 1 unspecified atom stereocenters. The van der Waals surface area contributed by atoms with Gasteiger partial charge in [-0.3, -0.25) is 4.79 Å². The maximum Gasteiger partial charge on any atom is 0.307 e. The third-order valence-electron chi connectivity index (χ3n) is 2.65. The molecule has 0 aromatic heterocycles. The molecule has 1 aromatic carbocycles. The van der Waals surface area contributed by atoms with Crippen molar-refractivity contribution in [3.8, 4) is 0 Å². The SMILES string of the molecule is CCC(CNS(=O)(=O)c1ccc(Cl)c(F)c1Cl)C(=O)O. The Morgan fingerprint density at radius 1 is 1.45 bits per heavy atom. The second kappa shape index (κ2) is 6.71. The molecule has 0 amide bonds. The van der Waals surface area contributed by atoms with Crippen LogP contribution in [0.2, 0.25) is 10.0 Å². The van der Waals surface area contributed by atoms with Gasteiger partial charge in [-0.15, -0.1) is 0 Å². The highest BCUT2D eigenvalue weighted by molar-refractivity contribution is 7.89. The highest BCUT2D eigenvalue weighted by atomic mass is 35.5. The number of carboxylic acids is 1. The third-order valence-corrected chi connectivity index (χ3v) is 4.89. The molecule has 0 aliphatic heterocycles. The van der Waals surface area contributed by atoms with Gasteiger partial charge >= 0.3 is 5.97 Å². The number of benzene rings is 1. The molecule has 2 N–H and O–H groups in total. The summed E-state index contributed by atoms with van der Waals surface area (Å²) in [6.45, 7) is 1.30. The molecule has 1 atom stereocenters. The van der Waals surface area contributed by atoms with Crippen molar-refractivity contribution >= 4 is 39.2 Å². The molecule has 112 valence electrons. The van der Waals surface area contributed by atoms with Crippen LogP contribution >= 0.6 is 23.2 Å². The van der Waals surface area contributed by atoms with Crippen LogP contribution in [0.5, 0.6) is 0 Å². The van der Waals surface area contributed by atoms with Gasteiger partial charge in [0.1, 0.15) is 4.90 Å². The van der Waals surface area contributed by atoms with E-state index in [1.807, 2.05) is 0 Å². The summed E-state index contributed by atoms with van der Waals surface area (Å²) in [5.41, 5.74) is 0. The molecule has 0 radical (unpaired) electrons. The first-order valence-corrected chi connectivity index (χ1v) is 7.80. The number of sulfonamides is 1. The van der Waals surface area contributed by atoms with Gasteiger partial charge in [0.2, 0.25) is 10.0 Å². The lowest BCUT2D eigenvalue weighted by Crippen LogP contribution is -2.32. The third kappa shape index (κ3) is 3.82. The average Bonchev–Trinajstić information content (AvgIpc) is 2.36. The minimum atomic E-state index is -4.11. The second-order valence-corrected chi connectivity index (χ2v) is 6.49. The molecule has 5 nitrogen and oxygen atoms in total. The van der Waals surface area contributed by atoms with E-state index in [0.29, 0.717) is 0 Å². The fourth-order valence-corrected chi connectivity index (χ4v) is 3.23. The number of nitrogens with one attached hydrogen (secondary N) is 1. The van der Waals surface area contributed by atoms with Gasteiger partial charge in [-0.2, -0.15) is 0 Å². The van der Waals surface area contributed by atoms with E-state index in [1.165, 1.54) is 0 Å². The number of halogens is 3. The maximum absolute atomic E-state index is 13.5. The number of hydrogen-bond donors (Lipinski definition) is 2. The van der Waals surface area contributed by atoms with Crippen LogP contribution in [0.4, 0.5) is 4.39 Å². The molecule has 1 aromatic rings. The predicted octanol–water partition coefficient (Wildman–Crippen LogP) is 2.52. The average molecular weight is 344 g/mol. The van der Waals surface area contributed by atoms with Crippen LogP contribution in [0.1, 0.15) is 13.3 Å². The summed E-state index contributed by atoms with van der Waals surface area (Å²) in [4.78, 5) is 10.3. The van der Waals surface area contributed by atoms with E-state index in [2.05, 4.69) is 4.72 Å². The number of hydrogen-bond acceptors (Lipinski definition) is 3. The zero-order chi connectivity index (χ0) is 15.5. The number of carboxylic acid groups (broad SMARTS) is 1. The van der Waals surface area contributed by atoms with E-state index < -0.39 is 37.6 Å². The first-order chi connectivity index (χ1) is 9.20. The first-order valence-electron chi connectivity index (χ1n) is 5.56. The van der Waals surface area contributed by atoms with Gasteiger partial charge in [-0.1, -0.05) is 30.1 Å². The molecule has 20 heavy (non-hydrogen) atoms. The van der Waals surface area contributed by atoms with E-state index in [4.69, 9.17) is 28.3 Å². The first kappa shape index (κ1) is 17.2. The molecule has 0 heterocycles. The number of aliphatic carboxylic acids is 1. The molecule has 0 saturated heterocycles. The molecule has 0 spiro atoms. The Balaban J connectivity index is 3.01. The van der Waals surface area contributed by atoms with Gasteiger partial charge in [0.25, 0.3) is 0 Å². The molecule has 9 heteroatoms. The summed E-state index contributed by atoms with van der Waals surface area (Å²) in [5, 5.41) is 7.91. The molecule has 0 bridgehead atoms. The molecule has 0 aliphatic rings. The van der Waals surface area contributed by atoms with E-state index >= 15 is 0 Å². The summed E-state index contributed by atoms with van der Waals surface area (Å²) < 4.78 is 39.5. The Bertz CT molecular complexity index is 621. The quantitative estimate of drug-likeness (QED) is 0.777. The van der Waals surface area contributed by atoms with Crippen molar-refractivity contribution in [3.63, 3.8) is 0 Å². The Morgan fingerprint density at radius 2 is 2.05 bits per heavy atom. The lowest BCUT2D eigenvalue weighted by Gasteiger charge is -2.13. The summed E-state index contributed by atoms with van der Waals surface area (Å²) in [6.07, 6.45) is 0.251. The van der Waals surface area contributed by atoms with Gasteiger partial charge in [-0.25, -0.2) is 17.5 Å². The molecule has 0 fully saturated rings. The van der Waals surface area contributed by atoms with Crippen LogP contribution in [0, 0.1) is 11.7 Å². The lowest BCUT2D eigenvalue weighted by atomic mass is 10.1. The minimum absolute atomic E-state index is 0.251. The van der Waals surface area contributed by atoms with E-state index in [9.17, 15) is 17.6 Å². The maximum atomic E-state index is 13.5. The van der Waals surface area contributed by atoms with E-state index in [1.54, 1.807) is 6.92 Å². The van der Waals surface area contributed by atoms with Crippen LogP contribution in [-0.2, 0) is 14.8 Å². The van der Waals surface area contributed by atoms with E-state index in [0.717, 1.165) is 12.1 Å². The fraction of sp³-hybridized carbons (Fsp3) is 0.364. The van der Waals surface area contributed by atoms with Crippen LogP contribution in [0.25, 0.3) is 0 Å². The van der Waals surface area contributed by atoms with Gasteiger partial charge in [0.05, 0.1) is 16.0 Å². The monoisotopic (exact) mass is 343 g/mol. The molecule has 0 aliphatic carbocycles. The summed E-state index contributed by atoms with van der Waals surface area (Å²) >= 11 is 11.1. The van der Waals surface area contributed by atoms with Crippen molar-refractivity contribution in [2.24, 2.45) is 5.92 Å². The smallest absolute Gasteiger partial charge is 0.307 e. The Kier molecular flexibility index (Phi) is 5.76. The van der Waals surface area contributed by atoms with E-state index in [-0.39, 0.29) is 18.0 Å². The van der Waals surface area contributed by atoms with Crippen LogP contribution in [-0.4, -0.2) is 26.0 Å². The topological polar surface area (TPSA) is 83.5 Å². The standard InChI is InChI=1S/C11H12Cl2FNO4S/c1-2-6(11(16)17)5-15-20(18,19)8-4-3-7(12)10(14)9(8)13/h3-4,6,15H,2,5H2,1H3,(H,16,17). The summed E-state index contributed by atoms with van der Waals surface area (Å²) in [7, 11) is -4.11. The van der Waals surface area contributed by atoms with Crippen molar-refractivity contribution in [1.82, 2.24) is 4.72 Å². The molecular formula is C11H12Cl2FNO4S. The molecule has 1 rings (SSSR count). The lowest BCUT2D eigenvalue weighted by molar-refractivity contribution is -0.141. The van der Waals surface area contributed by atoms with Gasteiger partial charge in [0.15, 0.2) is 5.82 Å². The van der Waals surface area contributed by atoms with Crippen LogP contribution in [0.3, 0.4) is 0 Å². The zero-order valence-electron chi connectivity index (χ0n) is 10.4. The second-order valence-electron chi connectivity index (χ2n) is 3.97. The Morgan fingerprint density at radius 3 is 2.55 bits per heavy atom. The minimum Gasteiger partial charge on any atom is -0.481 e. The predicted molar refractivity (Wildman–Crippen MR) is 73.0 cm³/mol. The highest BCUT2D eigenvalue weighted by Crippen LogP contribution is 2.29. The van der Waals surface area contributed by atoms with Crippen molar-refractivity contribution in [3.05, 3.63) is 28.0 Å². The normalized spacial score (nSPS) is 13.2. The number of carbonyl (C=O) groups is 1. The summed E-state index contributed by atoms with van der Waals surface area (Å²) in [5.74, 6) is -3.04. The van der Waals surface area contributed by atoms with Crippen molar-refractivity contribution in [2.45, 2.75) is 18.2 Å². The van der Waals surface area contributed by atoms with Crippen LogP contribution < -0.4 is 4.72 Å². The zero-order valence-corrected chi connectivity index (χ0v) is 12.7. The summed E-state index contributed by atoms with van der Waals surface area (Å²) in [6, 6.07) is 2.11. The Labute approximate surface area is 125 Å². The highest BCUT2D eigenvalue weighted by Gasteiger charge is 2.24. The van der Waals surface area contributed by atoms with Gasteiger partial charge in [0, 0.05) is 6.54 Å².